The molecule has 47 nitrogen and oxygen atoms in total. The molecule has 2 saturated heterocycles. The molecule has 3 aliphatic rings. The molecule has 4 aromatic rings. The molecule has 0 unspecified atom stereocenters. The van der Waals surface area contributed by atoms with Gasteiger partial charge < -0.3 is 120 Å². The molecule has 2 fully saturated rings. The van der Waals surface area contributed by atoms with Gasteiger partial charge in [-0.1, -0.05) is 35.3 Å². The average Bonchev–Trinajstić information content (AvgIpc) is 1.59. The average molecular weight is 1910 g/mol. The van der Waals surface area contributed by atoms with E-state index in [1.807, 2.05) is 19.9 Å². The van der Waals surface area contributed by atoms with E-state index >= 15 is 0 Å². The highest BCUT2D eigenvalue weighted by molar-refractivity contribution is 6.35. The number of anilines is 1. The van der Waals surface area contributed by atoms with Crippen molar-refractivity contribution in [2.75, 3.05) is 130 Å². The molecule has 49 heteroatoms. The number of nitrogens with one attached hydrogen (secondary N) is 13. The number of benzene rings is 3. The normalized spacial score (nSPS) is 15.8. The standard InChI is InChI=1S/C84H119Cl2N23O24/c1-47(74(87)123)96-76(125)57(13-6-7-22-92-64(110)18-19-65(111)97-52-12-8-11-49(35-52)54-39-55-63(40-62(54)131-5)133-45-56-72(81(130)108-33-34-132-46-84(108,3)4)103-109(73(55)56)53-37-50(85)36-51(86)38-53)99-79(128)60(16-20-67(113)114)102-78(127)59(15-10-24-94-83(90)91)100-80(129)61(17-21-68(115)116)101-77(126)58(14-9-23-93-82(88)89)98-75(124)48(2)95-66(112)41-104-25-27-105(42-69(117)118)29-31-107(44-71(121)122)32-30-106(28-26-104)43-70(119)120/h8,11-12,35-40,47-48,57-61H,6-7,9-10,13-34,41-46H2,1-5H3,(H2,87,123)(H,92,110)(H,95,112)(H,96,125)(H,97,111)(H,98,124)(H,99,128)(H,100,129)(H,101,126)(H,102,127)(H,113,114)(H,115,116)(H,117,118)(H,119,120)(H,121,122)(H4,88,89,93)(H4,90,91,94)/t47-,48-,57-,58-,59-,60-,61-/m1/s1. The molecular weight excluding hydrogens is 1790 g/mol. The molecule has 0 spiro atoms. The zero-order valence-corrected chi connectivity index (χ0v) is 76.0. The first kappa shape index (κ1) is 107. The minimum atomic E-state index is -1.84. The molecule has 11 amide bonds. The van der Waals surface area contributed by atoms with Gasteiger partial charge in [0.1, 0.15) is 60.4 Å². The highest BCUT2D eigenvalue weighted by atomic mass is 35.5. The molecule has 1 aromatic heterocycles. The third-order valence-corrected chi connectivity index (χ3v) is 22.2. The molecule has 0 radical (unpaired) electrons. The van der Waals surface area contributed by atoms with Crippen LogP contribution in [0.15, 0.2) is 54.6 Å². The molecule has 7 rings (SSSR count). The second kappa shape index (κ2) is 52.2. The summed E-state index contributed by atoms with van der Waals surface area (Å²) in [5, 5.41) is 97.3. The Morgan fingerprint density at radius 3 is 1.43 bits per heavy atom. The number of carbonyl (C=O) groups excluding carboxylic acids is 11. The van der Waals surface area contributed by atoms with Crippen molar-refractivity contribution in [3.8, 4) is 39.6 Å². The van der Waals surface area contributed by atoms with Crippen molar-refractivity contribution < 1.29 is 116 Å². The summed E-state index contributed by atoms with van der Waals surface area (Å²) in [6.45, 7) is 5.98. The predicted octanol–water partition coefficient (Wildman–Crippen LogP) is -1.68. The van der Waals surface area contributed by atoms with Crippen LogP contribution in [0.1, 0.15) is 127 Å². The lowest BCUT2D eigenvalue weighted by atomic mass is 9.95. The zero-order valence-electron chi connectivity index (χ0n) is 74.5. The number of carboxylic acid groups (broad SMARTS) is 5. The molecule has 0 saturated carbocycles. The Balaban J connectivity index is 1.00. The zero-order chi connectivity index (χ0) is 97.9. The molecule has 3 aliphatic heterocycles. The fourth-order valence-corrected chi connectivity index (χ4v) is 15.2. The molecule has 0 aliphatic carbocycles. The van der Waals surface area contributed by atoms with E-state index in [0.29, 0.717) is 80.6 Å². The second-order valence-corrected chi connectivity index (χ2v) is 33.6. The van der Waals surface area contributed by atoms with Gasteiger partial charge in [-0.3, -0.25) is 107 Å². The van der Waals surface area contributed by atoms with E-state index in [0.717, 1.165) is 0 Å². The first-order valence-corrected chi connectivity index (χ1v) is 43.8. The Morgan fingerprint density at radius 2 is 0.962 bits per heavy atom. The molecular formula is C84H119Cl2N23O24. The Bertz CT molecular complexity index is 4830. The molecule has 3 aromatic carbocycles. The van der Waals surface area contributed by atoms with Crippen molar-refractivity contribution in [3.05, 3.63) is 75.9 Å². The highest BCUT2D eigenvalue weighted by Crippen LogP contribution is 2.47. The van der Waals surface area contributed by atoms with Gasteiger partial charge in [0.15, 0.2) is 17.6 Å². The van der Waals surface area contributed by atoms with Crippen LogP contribution >= 0.6 is 23.2 Å². The summed E-state index contributed by atoms with van der Waals surface area (Å²) in [4.78, 5) is 221. The number of amides is 11. The smallest absolute Gasteiger partial charge is 0.317 e. The lowest BCUT2D eigenvalue weighted by molar-refractivity contribution is -0.140. The molecule has 24 N–H and O–H groups in total. The van der Waals surface area contributed by atoms with Crippen LogP contribution in [0, 0.1) is 10.8 Å². The fourth-order valence-electron chi connectivity index (χ4n) is 14.7. The summed E-state index contributed by atoms with van der Waals surface area (Å²) in [6.07, 6.45) is -4.19. The van der Waals surface area contributed by atoms with Crippen molar-refractivity contribution >= 4 is 136 Å². The number of hydrogen-bond acceptors (Lipinski definition) is 26. The number of nitrogens with zero attached hydrogens (tertiary/aromatic N) is 7. The van der Waals surface area contributed by atoms with Gasteiger partial charge >= 0.3 is 29.8 Å². The van der Waals surface area contributed by atoms with Crippen molar-refractivity contribution in [2.24, 2.45) is 17.2 Å². The highest BCUT2D eigenvalue weighted by Gasteiger charge is 2.41. The van der Waals surface area contributed by atoms with E-state index in [2.05, 4.69) is 58.5 Å². The van der Waals surface area contributed by atoms with Crippen LogP contribution in [0.3, 0.4) is 0 Å². The van der Waals surface area contributed by atoms with Crippen LogP contribution < -0.4 is 85.2 Å². The lowest BCUT2D eigenvalue weighted by Gasteiger charge is -2.41. The summed E-state index contributed by atoms with van der Waals surface area (Å²) in [7, 11) is 1.49. The van der Waals surface area contributed by atoms with E-state index in [9.17, 15) is 102 Å². The van der Waals surface area contributed by atoms with Gasteiger partial charge in [0, 0.05) is 143 Å². The minimum Gasteiger partial charge on any atom is -0.496 e. The van der Waals surface area contributed by atoms with Gasteiger partial charge in [0.25, 0.3) is 5.91 Å². The third kappa shape index (κ3) is 35.2. The number of fused-ring (bicyclic) bond motifs is 3. The minimum absolute atomic E-state index is 0.00663. The molecule has 728 valence electrons. The van der Waals surface area contributed by atoms with Gasteiger partial charge in [-0.2, -0.15) is 5.10 Å². The SMILES string of the molecule is COc1cc2c(cc1-c1cccc(NC(=O)CCC(=O)NCCCC[C@@H](NC(=O)[C@@H](CCC(=O)O)NC(=O)[C@@H](CCCNC(=N)N)NC(=O)[C@@H](CCC(=O)O)NC(=O)[C@@H](CCCNC(=N)N)NC(=O)[C@@H](C)NC(=O)CN3CCN(CC(=O)O)CCN(CC(=O)O)CCN(CC(=O)O)CC3)C(=O)N[C@H](C)C(N)=O)c1)-c1c(c(C(=O)N3CCOCC3(C)C)nn1-c1cc(Cl)cc(Cl)c1)CO2. The number of aromatic nitrogens is 2. The number of guanidine groups is 2. The maximum absolute atomic E-state index is 14.6. The number of rotatable bonds is 49. The topological polar surface area (TPSA) is 694 Å². The summed E-state index contributed by atoms with van der Waals surface area (Å²) >= 11 is 13.1. The first-order valence-electron chi connectivity index (χ1n) is 43.0. The number of methoxy groups -OCH3 is 1. The molecule has 133 heavy (non-hydrogen) atoms. The Labute approximate surface area is 775 Å². The molecule has 4 heterocycles. The van der Waals surface area contributed by atoms with Crippen LogP contribution in [-0.2, 0) is 83.3 Å². The number of aliphatic carboxylic acids is 5. The maximum atomic E-state index is 14.6. The Morgan fingerprint density at radius 1 is 0.504 bits per heavy atom. The van der Waals surface area contributed by atoms with Crippen LogP contribution in [0.25, 0.3) is 28.1 Å². The monoisotopic (exact) mass is 1900 g/mol. The van der Waals surface area contributed by atoms with E-state index in [4.69, 9.17) is 70.5 Å². The van der Waals surface area contributed by atoms with E-state index in [-0.39, 0.29) is 148 Å². The summed E-state index contributed by atoms with van der Waals surface area (Å²) in [5.41, 5.74) is 19.5. The number of hydrogen-bond donors (Lipinski definition) is 21. The number of primary amides is 1. The first-order chi connectivity index (χ1) is 63.0. The number of carboxylic acids is 5. The third-order valence-electron chi connectivity index (χ3n) is 21.7. The quantitative estimate of drug-likeness (QED) is 0.0133. The van der Waals surface area contributed by atoms with Gasteiger partial charge in [-0.05, 0) is 127 Å². The van der Waals surface area contributed by atoms with Gasteiger partial charge in [0.2, 0.25) is 59.1 Å². The fraction of sp³-hybridized carbons (Fsp3) is 0.536. The lowest BCUT2D eigenvalue weighted by Crippen LogP contribution is -2.60. The summed E-state index contributed by atoms with van der Waals surface area (Å²) in [5.74, 6) is -16.3. The van der Waals surface area contributed by atoms with Crippen molar-refractivity contribution in [1.29, 1.82) is 10.8 Å². The number of halogens is 2. The molecule has 7 atom stereocenters. The Kier molecular flexibility index (Phi) is 42.0. The number of nitrogens with two attached hydrogens (primary N) is 3. The second-order valence-electron chi connectivity index (χ2n) is 32.7. The summed E-state index contributed by atoms with van der Waals surface area (Å²) < 4.78 is 19.6. The largest absolute Gasteiger partial charge is 0.496 e. The van der Waals surface area contributed by atoms with Crippen LogP contribution in [-0.4, -0.2) is 339 Å². The number of unbranched alkanes of at least 4 members (excludes halogenated alkanes) is 1. The van der Waals surface area contributed by atoms with Crippen LogP contribution in [0.2, 0.25) is 10.0 Å². The van der Waals surface area contributed by atoms with Gasteiger partial charge in [-0.15, -0.1) is 0 Å². The number of morpholine rings is 1. The van der Waals surface area contributed by atoms with Crippen molar-refractivity contribution in [3.63, 3.8) is 0 Å². The van der Waals surface area contributed by atoms with Crippen LogP contribution in [0.4, 0.5) is 5.69 Å². The van der Waals surface area contributed by atoms with Crippen LogP contribution in [0.5, 0.6) is 11.5 Å². The maximum Gasteiger partial charge on any atom is 0.317 e. The molecule has 0 bridgehead atoms. The van der Waals surface area contributed by atoms with Crippen molar-refractivity contribution in [1.82, 2.24) is 87.4 Å². The van der Waals surface area contributed by atoms with E-state index in [1.54, 1.807) is 67.9 Å². The summed E-state index contributed by atoms with van der Waals surface area (Å²) in [6, 6.07) is 4.02. The van der Waals surface area contributed by atoms with E-state index < -0.39 is 201 Å². The van der Waals surface area contributed by atoms with Gasteiger partial charge in [-0.25, -0.2) is 4.68 Å². The van der Waals surface area contributed by atoms with Gasteiger partial charge in [0.05, 0.1) is 63.4 Å². The number of ether oxygens (including phenoxy) is 3. The predicted molar refractivity (Wildman–Crippen MR) is 481 cm³/mol. The number of carbonyl (C=O) groups is 16. The Hall–Kier alpha value is -13.1. The van der Waals surface area contributed by atoms with E-state index in [1.165, 1.54) is 30.8 Å². The van der Waals surface area contributed by atoms with Crippen molar-refractivity contribution in [2.45, 2.75) is 166 Å².